The highest BCUT2D eigenvalue weighted by Gasteiger charge is 2.45. The van der Waals surface area contributed by atoms with E-state index >= 15 is 0 Å². The lowest BCUT2D eigenvalue weighted by Crippen LogP contribution is -2.26. The number of H-pyrrole nitrogens is 1. The number of nitrogens with zero attached hydrogens (tertiary/aromatic N) is 3. The first-order chi connectivity index (χ1) is 11.6. The van der Waals surface area contributed by atoms with E-state index in [-0.39, 0.29) is 5.56 Å². The molecular weight excluding hydrogens is 308 g/mol. The number of carbonyl (C=O) groups is 1. The molecule has 0 radical (unpaired) electrons. The third-order valence-corrected chi connectivity index (χ3v) is 4.77. The minimum atomic E-state index is -0.402. The van der Waals surface area contributed by atoms with Crippen LogP contribution in [0.2, 0.25) is 0 Å². The average Bonchev–Trinajstić information content (AvgIpc) is 2.98. The van der Waals surface area contributed by atoms with Crippen molar-refractivity contribution in [1.29, 1.82) is 0 Å². The van der Waals surface area contributed by atoms with Crippen molar-refractivity contribution in [3.63, 3.8) is 0 Å². The van der Waals surface area contributed by atoms with Crippen molar-refractivity contribution in [1.82, 2.24) is 14.8 Å². The van der Waals surface area contributed by atoms with Gasteiger partial charge in [-0.1, -0.05) is 0 Å². The second-order valence-electron chi connectivity index (χ2n) is 6.51. The second-order valence-corrected chi connectivity index (χ2v) is 6.51. The van der Waals surface area contributed by atoms with Crippen LogP contribution in [0.25, 0.3) is 0 Å². The monoisotopic (exact) mass is 328 g/mol. The third kappa shape index (κ3) is 2.81. The summed E-state index contributed by atoms with van der Waals surface area (Å²) < 4.78 is 6.51. The Morgan fingerprint density at radius 3 is 2.88 bits per heavy atom. The summed E-state index contributed by atoms with van der Waals surface area (Å²) in [5, 5.41) is 4.12. The van der Waals surface area contributed by atoms with Gasteiger partial charge < -0.3 is 14.6 Å². The van der Waals surface area contributed by atoms with E-state index in [1.54, 1.807) is 17.8 Å². The van der Waals surface area contributed by atoms with Gasteiger partial charge in [-0.15, -0.1) is 0 Å². The highest BCUT2D eigenvalue weighted by molar-refractivity contribution is 5.88. The van der Waals surface area contributed by atoms with Gasteiger partial charge in [0.05, 0.1) is 24.9 Å². The summed E-state index contributed by atoms with van der Waals surface area (Å²) >= 11 is 0. The maximum Gasteiger partial charge on any atom is 0.341 e. The van der Waals surface area contributed by atoms with Crippen molar-refractivity contribution in [2.24, 2.45) is 11.8 Å². The summed E-state index contributed by atoms with van der Waals surface area (Å²) in [4.78, 5) is 29.2. The number of anilines is 1. The lowest BCUT2D eigenvalue weighted by molar-refractivity contribution is 0.0526. The van der Waals surface area contributed by atoms with E-state index in [1.165, 1.54) is 12.6 Å². The Balaban J connectivity index is 1.46. The molecule has 126 valence electrons. The number of nitrogens with one attached hydrogen (secondary N) is 1. The van der Waals surface area contributed by atoms with Gasteiger partial charge in [-0.25, -0.2) is 4.79 Å². The number of ether oxygens (including phenoxy) is 1. The van der Waals surface area contributed by atoms with Gasteiger partial charge in [0.1, 0.15) is 5.82 Å². The molecule has 1 N–H and O–H groups in total. The normalized spacial score (nSPS) is 21.6. The van der Waals surface area contributed by atoms with Crippen molar-refractivity contribution in [2.45, 2.75) is 19.9 Å². The predicted molar refractivity (Wildman–Crippen MR) is 88.2 cm³/mol. The standard InChI is InChI=1S/C17H20N4O3/c1-2-24-17(23)14-6-18-21(10-14)9-11-3-4-15(19-16(11)22)20-7-12-5-13(12)8-20/h3-4,6,10,12-13H,2,5,7-9H2,1H3,(H,19,22). The quantitative estimate of drug-likeness (QED) is 0.836. The first-order valence-corrected chi connectivity index (χ1v) is 8.30. The number of hydrogen-bond acceptors (Lipinski definition) is 5. The SMILES string of the molecule is CCOC(=O)c1cnn(Cc2ccc(N3CC4CC4C3)[nH]c2=O)c1. The molecule has 0 aromatic carbocycles. The van der Waals surface area contributed by atoms with Crippen LogP contribution in [-0.2, 0) is 11.3 Å². The molecular formula is C17H20N4O3. The van der Waals surface area contributed by atoms with Gasteiger partial charge in [0.25, 0.3) is 5.56 Å². The molecule has 1 saturated heterocycles. The lowest BCUT2D eigenvalue weighted by Gasteiger charge is -2.19. The minimum Gasteiger partial charge on any atom is -0.462 e. The van der Waals surface area contributed by atoms with Gasteiger partial charge in [0.2, 0.25) is 0 Å². The second kappa shape index (κ2) is 5.81. The number of rotatable bonds is 5. The molecule has 1 aliphatic carbocycles. The van der Waals surface area contributed by atoms with Crippen LogP contribution in [0.4, 0.5) is 5.82 Å². The number of piperidine rings is 1. The van der Waals surface area contributed by atoms with E-state index in [0.717, 1.165) is 30.7 Å². The van der Waals surface area contributed by atoms with Gasteiger partial charge in [0.15, 0.2) is 0 Å². The smallest absolute Gasteiger partial charge is 0.341 e. The molecule has 2 aromatic heterocycles. The topological polar surface area (TPSA) is 80.2 Å². The molecule has 0 bridgehead atoms. The molecule has 1 saturated carbocycles. The fraction of sp³-hybridized carbons (Fsp3) is 0.471. The Morgan fingerprint density at radius 1 is 1.38 bits per heavy atom. The summed E-state index contributed by atoms with van der Waals surface area (Å²) in [6.07, 6.45) is 4.39. The lowest BCUT2D eigenvalue weighted by atomic mass is 10.2. The Kier molecular flexibility index (Phi) is 3.63. The Bertz CT molecular complexity index is 815. The van der Waals surface area contributed by atoms with Gasteiger partial charge >= 0.3 is 5.97 Å². The number of esters is 1. The van der Waals surface area contributed by atoms with E-state index in [0.29, 0.717) is 24.3 Å². The highest BCUT2D eigenvalue weighted by atomic mass is 16.5. The van der Waals surface area contributed by atoms with E-state index in [1.807, 2.05) is 12.1 Å². The van der Waals surface area contributed by atoms with E-state index in [9.17, 15) is 9.59 Å². The molecule has 4 rings (SSSR count). The summed E-state index contributed by atoms with van der Waals surface area (Å²) in [7, 11) is 0. The molecule has 0 amide bonds. The zero-order valence-corrected chi connectivity index (χ0v) is 13.6. The Morgan fingerprint density at radius 2 is 2.17 bits per heavy atom. The molecule has 1 aliphatic heterocycles. The van der Waals surface area contributed by atoms with Crippen molar-refractivity contribution < 1.29 is 9.53 Å². The minimum absolute atomic E-state index is 0.110. The maximum absolute atomic E-state index is 12.3. The molecule has 2 atom stereocenters. The van der Waals surface area contributed by atoms with Crippen LogP contribution < -0.4 is 10.5 Å². The molecule has 24 heavy (non-hydrogen) atoms. The van der Waals surface area contributed by atoms with Crippen molar-refractivity contribution >= 4 is 11.8 Å². The average molecular weight is 328 g/mol. The summed E-state index contributed by atoms with van der Waals surface area (Å²) in [6.45, 7) is 4.49. The van der Waals surface area contributed by atoms with E-state index in [4.69, 9.17) is 4.74 Å². The molecule has 3 heterocycles. The largest absolute Gasteiger partial charge is 0.462 e. The fourth-order valence-electron chi connectivity index (χ4n) is 3.34. The van der Waals surface area contributed by atoms with Crippen LogP contribution in [0.15, 0.2) is 29.3 Å². The number of carbonyl (C=O) groups excluding carboxylic acids is 1. The van der Waals surface area contributed by atoms with Crippen molar-refractivity contribution in [3.05, 3.63) is 46.0 Å². The maximum atomic E-state index is 12.3. The molecule has 2 aliphatic rings. The van der Waals surface area contributed by atoms with Gasteiger partial charge in [-0.3, -0.25) is 9.48 Å². The molecule has 2 unspecified atom stereocenters. The van der Waals surface area contributed by atoms with Crippen molar-refractivity contribution in [2.75, 3.05) is 24.6 Å². The summed E-state index contributed by atoms with van der Waals surface area (Å²) in [5.41, 5.74) is 0.893. The van der Waals surface area contributed by atoms with Crippen molar-refractivity contribution in [3.8, 4) is 0 Å². The van der Waals surface area contributed by atoms with Crippen LogP contribution in [-0.4, -0.2) is 40.4 Å². The molecule has 2 fully saturated rings. The highest BCUT2D eigenvalue weighted by Crippen LogP contribution is 2.45. The molecule has 0 spiro atoms. The summed E-state index contributed by atoms with van der Waals surface area (Å²) in [5.74, 6) is 2.13. The van der Waals surface area contributed by atoms with Crippen LogP contribution in [0.1, 0.15) is 29.3 Å². The zero-order valence-electron chi connectivity index (χ0n) is 13.6. The van der Waals surface area contributed by atoms with Crippen LogP contribution >= 0.6 is 0 Å². The Labute approximate surface area is 139 Å². The van der Waals surface area contributed by atoms with Gasteiger partial charge in [0, 0.05) is 24.8 Å². The summed E-state index contributed by atoms with van der Waals surface area (Å²) in [6, 6.07) is 3.79. The molecule has 2 aromatic rings. The molecule has 7 heteroatoms. The van der Waals surface area contributed by atoms with Gasteiger partial charge in [-0.05, 0) is 37.3 Å². The van der Waals surface area contributed by atoms with E-state index in [2.05, 4.69) is 15.0 Å². The number of hydrogen-bond donors (Lipinski definition) is 1. The van der Waals surface area contributed by atoms with Gasteiger partial charge in [-0.2, -0.15) is 5.10 Å². The number of pyridine rings is 1. The van der Waals surface area contributed by atoms with Crippen LogP contribution in [0.5, 0.6) is 0 Å². The van der Waals surface area contributed by atoms with Crippen LogP contribution in [0, 0.1) is 11.8 Å². The van der Waals surface area contributed by atoms with Crippen LogP contribution in [0.3, 0.4) is 0 Å². The Hall–Kier alpha value is -2.57. The first-order valence-electron chi connectivity index (χ1n) is 8.30. The number of aromatic amines is 1. The number of fused-ring (bicyclic) bond motifs is 1. The third-order valence-electron chi connectivity index (χ3n) is 4.77. The number of aromatic nitrogens is 3. The fourth-order valence-corrected chi connectivity index (χ4v) is 3.34. The van der Waals surface area contributed by atoms with E-state index < -0.39 is 5.97 Å². The predicted octanol–water partition coefficient (Wildman–Crippen LogP) is 1.25. The molecule has 7 nitrogen and oxygen atoms in total. The first kappa shape index (κ1) is 15.0. The zero-order chi connectivity index (χ0) is 16.7.